The fraction of sp³-hybridized carbons (Fsp3) is 0.393. The van der Waals surface area contributed by atoms with E-state index in [1.54, 1.807) is 32.9 Å². The lowest BCUT2D eigenvalue weighted by Gasteiger charge is -2.28. The van der Waals surface area contributed by atoms with Crippen LogP contribution in [0.15, 0.2) is 41.6 Å². The Hall–Kier alpha value is -4.28. The van der Waals surface area contributed by atoms with Crippen molar-refractivity contribution < 1.29 is 23.5 Å². The highest BCUT2D eigenvalue weighted by molar-refractivity contribution is 6.03. The van der Waals surface area contributed by atoms with Crippen LogP contribution in [0.4, 0.5) is 15.1 Å². The smallest absolute Gasteiger partial charge is 0.407 e. The summed E-state index contributed by atoms with van der Waals surface area (Å²) in [4.78, 5) is 30.8. The van der Waals surface area contributed by atoms with E-state index in [1.807, 2.05) is 19.1 Å². The van der Waals surface area contributed by atoms with Crippen LogP contribution in [0.2, 0.25) is 0 Å². The first-order chi connectivity index (χ1) is 18.5. The number of methoxy groups -OCH3 is 1. The molecule has 0 aliphatic heterocycles. The van der Waals surface area contributed by atoms with Crippen LogP contribution in [-0.2, 0) is 16.0 Å². The third-order valence-electron chi connectivity index (χ3n) is 6.05. The maximum atomic E-state index is 14.4. The van der Waals surface area contributed by atoms with Gasteiger partial charge < -0.3 is 25.4 Å². The second-order valence-corrected chi connectivity index (χ2v) is 10.2. The number of carbonyl (C=O) groups excluding carboxylic acids is 1. The van der Waals surface area contributed by atoms with Crippen molar-refractivity contribution in [3.63, 3.8) is 0 Å². The molecule has 1 unspecified atom stereocenters. The summed E-state index contributed by atoms with van der Waals surface area (Å²) in [5, 5.41) is 7.04. The number of amides is 1. The molecule has 1 aliphatic carbocycles. The average molecular weight is 537 g/mol. The number of rotatable bonds is 7. The molecule has 0 saturated carbocycles. The molecule has 1 aliphatic rings. The number of fused-ring (bicyclic) bond motifs is 1. The second kappa shape index (κ2) is 11.6. The Bertz CT molecular complexity index is 1390. The topological polar surface area (TPSA) is 134 Å². The third-order valence-corrected chi connectivity index (χ3v) is 6.05. The van der Waals surface area contributed by atoms with E-state index in [9.17, 15) is 9.18 Å². The van der Waals surface area contributed by atoms with Gasteiger partial charge in [0.15, 0.2) is 0 Å². The number of nitrogens with one attached hydrogen (secondary N) is 1. The average Bonchev–Trinajstić information content (AvgIpc) is 2.86. The highest BCUT2D eigenvalue weighted by Gasteiger charge is 2.31. The summed E-state index contributed by atoms with van der Waals surface area (Å²) >= 11 is 0. The number of hydrogen-bond acceptors (Lipinski definition) is 9. The van der Waals surface area contributed by atoms with Gasteiger partial charge in [-0.2, -0.15) is 0 Å². The summed E-state index contributed by atoms with van der Waals surface area (Å²) < 4.78 is 24.9. The van der Waals surface area contributed by atoms with Crippen LogP contribution < -0.4 is 15.8 Å². The molecule has 39 heavy (non-hydrogen) atoms. The number of hydrogen-bond donors (Lipinski definition) is 2. The molecule has 0 saturated heterocycles. The van der Waals surface area contributed by atoms with E-state index < -0.39 is 11.7 Å². The van der Waals surface area contributed by atoms with Crippen molar-refractivity contribution in [1.29, 1.82) is 0 Å². The summed E-state index contributed by atoms with van der Waals surface area (Å²) in [6.45, 7) is 7.57. The van der Waals surface area contributed by atoms with Crippen molar-refractivity contribution in [3.8, 4) is 17.1 Å². The molecule has 3 N–H and O–H groups in total. The van der Waals surface area contributed by atoms with Crippen LogP contribution in [0.5, 0.6) is 5.88 Å². The summed E-state index contributed by atoms with van der Waals surface area (Å²) in [6.07, 6.45) is 0.505. The molecule has 2 aromatic heterocycles. The summed E-state index contributed by atoms with van der Waals surface area (Å²) in [6, 6.07) is 10.0. The monoisotopic (exact) mass is 536 g/mol. The molecule has 0 radical (unpaired) electrons. The Labute approximate surface area is 226 Å². The number of oxime groups is 1. The molecular weight excluding hydrogens is 503 g/mol. The number of ether oxygens (including phenoxy) is 2. The number of nitrogens with two attached hydrogens (primary N) is 1. The van der Waals surface area contributed by atoms with Crippen LogP contribution in [0.1, 0.15) is 55.6 Å². The molecule has 0 fully saturated rings. The summed E-state index contributed by atoms with van der Waals surface area (Å²) in [7, 11) is 1.54. The van der Waals surface area contributed by atoms with Gasteiger partial charge in [-0.15, -0.1) is 0 Å². The Kier molecular flexibility index (Phi) is 8.27. The maximum absolute atomic E-state index is 14.4. The zero-order valence-corrected chi connectivity index (χ0v) is 22.7. The number of benzene rings is 1. The van der Waals surface area contributed by atoms with Gasteiger partial charge in [0, 0.05) is 23.6 Å². The highest BCUT2D eigenvalue weighted by Crippen LogP contribution is 2.38. The van der Waals surface area contributed by atoms with E-state index in [4.69, 9.17) is 20.0 Å². The lowest BCUT2D eigenvalue weighted by Crippen LogP contribution is -2.34. The van der Waals surface area contributed by atoms with Crippen molar-refractivity contribution in [1.82, 2.24) is 20.3 Å². The number of nitrogens with zero attached hydrogens (tertiary/aromatic N) is 4. The maximum Gasteiger partial charge on any atom is 0.407 e. The number of carbonyl (C=O) groups is 1. The summed E-state index contributed by atoms with van der Waals surface area (Å²) in [5.41, 5.74) is 10.4. The minimum Gasteiger partial charge on any atom is -0.481 e. The molecule has 1 atom stereocenters. The molecular formula is C28H33FN6O4. The Morgan fingerprint density at radius 2 is 1.97 bits per heavy atom. The second-order valence-electron chi connectivity index (χ2n) is 10.2. The quantitative estimate of drug-likeness (QED) is 0.332. The molecule has 3 aromatic rings. The molecule has 1 aromatic carbocycles. The molecule has 10 nitrogen and oxygen atoms in total. The Morgan fingerprint density at radius 3 is 2.72 bits per heavy atom. The van der Waals surface area contributed by atoms with Crippen LogP contribution in [0.25, 0.3) is 11.3 Å². The van der Waals surface area contributed by atoms with E-state index in [0.29, 0.717) is 41.4 Å². The van der Waals surface area contributed by atoms with Gasteiger partial charge in [0.1, 0.15) is 18.0 Å². The molecule has 206 valence electrons. The molecule has 0 spiro atoms. The minimum absolute atomic E-state index is 0.114. The van der Waals surface area contributed by atoms with Gasteiger partial charge >= 0.3 is 6.09 Å². The van der Waals surface area contributed by atoms with Gasteiger partial charge in [0.05, 0.1) is 36.4 Å². The molecule has 4 rings (SSSR count). The number of aryl methyl sites for hydroxylation is 1. The first-order valence-electron chi connectivity index (χ1n) is 12.6. The number of aromatic nitrogens is 3. The lowest BCUT2D eigenvalue weighted by atomic mass is 9.79. The predicted molar refractivity (Wildman–Crippen MR) is 145 cm³/mol. The number of halogens is 1. The predicted octanol–water partition coefficient (Wildman–Crippen LogP) is 4.55. The number of anilines is 1. The van der Waals surface area contributed by atoms with E-state index in [0.717, 1.165) is 16.8 Å². The van der Waals surface area contributed by atoms with Crippen molar-refractivity contribution in [2.24, 2.45) is 5.16 Å². The van der Waals surface area contributed by atoms with E-state index >= 15 is 0 Å². The van der Waals surface area contributed by atoms with Crippen LogP contribution in [0.3, 0.4) is 0 Å². The Morgan fingerprint density at radius 1 is 1.18 bits per heavy atom. The normalized spacial score (nSPS) is 15.9. The van der Waals surface area contributed by atoms with Crippen molar-refractivity contribution in [2.45, 2.75) is 52.1 Å². The zero-order valence-electron chi connectivity index (χ0n) is 22.7. The van der Waals surface area contributed by atoms with Crippen molar-refractivity contribution >= 4 is 17.8 Å². The largest absolute Gasteiger partial charge is 0.481 e. The number of nitrogen functional groups attached to an aromatic ring is 1. The fourth-order valence-electron chi connectivity index (χ4n) is 4.54. The highest BCUT2D eigenvalue weighted by atomic mass is 19.1. The van der Waals surface area contributed by atoms with Gasteiger partial charge in [-0.3, -0.25) is 0 Å². The minimum atomic E-state index is -0.592. The van der Waals surface area contributed by atoms with Crippen LogP contribution in [0, 0.1) is 12.7 Å². The first-order valence-corrected chi connectivity index (χ1v) is 12.6. The standard InChI is InChI=1S/C28H33FN6O4/c1-16-25-22(34-26(30)32-16)13-17(14-23(25)35-38-12-11-31-27(36)39-28(2,3)4)19-10-9-18(29)15-20(19)21-7-6-8-24(33-21)37-5/h6-10,15,17H,11-14H2,1-5H3,(H,31,36)(H2,30,32,34)/b35-23+. The molecule has 2 heterocycles. The van der Waals surface area contributed by atoms with E-state index in [-0.39, 0.29) is 30.8 Å². The van der Waals surface area contributed by atoms with Gasteiger partial charge in [-0.05, 0) is 63.8 Å². The molecule has 1 amide bonds. The van der Waals surface area contributed by atoms with E-state index in [2.05, 4.69) is 25.4 Å². The Balaban J connectivity index is 1.61. The van der Waals surface area contributed by atoms with Crippen molar-refractivity contribution in [3.05, 3.63) is 64.7 Å². The van der Waals surface area contributed by atoms with Crippen LogP contribution >= 0.6 is 0 Å². The molecule has 0 bridgehead atoms. The van der Waals surface area contributed by atoms with Gasteiger partial charge in [-0.25, -0.2) is 24.1 Å². The number of alkyl carbamates (subject to hydrolysis) is 1. The molecule has 11 heteroatoms. The number of pyridine rings is 1. The van der Waals surface area contributed by atoms with E-state index in [1.165, 1.54) is 19.2 Å². The van der Waals surface area contributed by atoms with Crippen LogP contribution in [-0.4, -0.2) is 52.6 Å². The van der Waals surface area contributed by atoms with Crippen molar-refractivity contribution in [2.75, 3.05) is 26.0 Å². The summed E-state index contributed by atoms with van der Waals surface area (Å²) in [5.74, 6) is 0.120. The third kappa shape index (κ3) is 6.98. The van der Waals surface area contributed by atoms with Gasteiger partial charge in [-0.1, -0.05) is 17.3 Å². The van der Waals surface area contributed by atoms with Gasteiger partial charge in [0.25, 0.3) is 0 Å². The lowest BCUT2D eigenvalue weighted by molar-refractivity contribution is 0.0501. The fourth-order valence-corrected chi connectivity index (χ4v) is 4.54. The van der Waals surface area contributed by atoms with Gasteiger partial charge in [0.2, 0.25) is 11.8 Å². The first kappa shape index (κ1) is 27.7. The zero-order chi connectivity index (χ0) is 28.2. The SMILES string of the molecule is COc1cccc(-c2cc(F)ccc2C2C/C(=N\OCCNC(=O)OC(C)(C)C)c3c(C)nc(N)nc3C2)n1.